The number of nitrogen functional groups attached to an aromatic ring is 1. The van der Waals surface area contributed by atoms with Crippen molar-refractivity contribution in [3.63, 3.8) is 0 Å². The minimum Gasteiger partial charge on any atom is -0.382 e. The fourth-order valence-corrected chi connectivity index (χ4v) is 3.14. The van der Waals surface area contributed by atoms with Crippen molar-refractivity contribution < 1.29 is 4.79 Å². The zero-order valence-corrected chi connectivity index (χ0v) is 11.7. The molecule has 0 saturated carbocycles. The zero-order valence-electron chi connectivity index (χ0n) is 10.9. The third-order valence-electron chi connectivity index (χ3n) is 3.22. The van der Waals surface area contributed by atoms with Gasteiger partial charge in [0, 0.05) is 25.5 Å². The van der Waals surface area contributed by atoms with Crippen molar-refractivity contribution in [2.24, 2.45) is 0 Å². The predicted octanol–water partition coefficient (Wildman–Crippen LogP) is 1.11. The minimum atomic E-state index is 0.0372. The number of pyridine rings is 1. The first kappa shape index (κ1) is 12.9. The van der Waals surface area contributed by atoms with E-state index in [2.05, 4.69) is 14.7 Å². The number of hydrogen-bond donors (Lipinski definition) is 2. The van der Waals surface area contributed by atoms with Gasteiger partial charge in [-0.2, -0.15) is 4.37 Å². The average molecular weight is 289 g/mol. The van der Waals surface area contributed by atoms with Gasteiger partial charge in [0.05, 0.1) is 12.1 Å². The second-order valence-corrected chi connectivity index (χ2v) is 5.36. The van der Waals surface area contributed by atoms with E-state index < -0.39 is 0 Å². The van der Waals surface area contributed by atoms with Gasteiger partial charge < -0.3 is 16.0 Å². The van der Waals surface area contributed by atoms with Crippen LogP contribution in [0.5, 0.6) is 0 Å². The van der Waals surface area contributed by atoms with Crippen LogP contribution in [0.2, 0.25) is 0 Å². The Balaban J connectivity index is 2.00. The number of carbonyl (C=O) groups excluding carboxylic acids is 1. The average Bonchev–Trinajstić information content (AvgIpc) is 2.71. The normalized spacial score (nSPS) is 15.8. The number of amides is 1. The van der Waals surface area contributed by atoms with Crippen LogP contribution in [0.1, 0.15) is 6.42 Å². The molecule has 20 heavy (non-hydrogen) atoms. The van der Waals surface area contributed by atoms with E-state index in [1.807, 2.05) is 17.0 Å². The van der Waals surface area contributed by atoms with Crippen molar-refractivity contribution in [2.45, 2.75) is 6.42 Å². The van der Waals surface area contributed by atoms with E-state index in [4.69, 9.17) is 5.73 Å². The van der Waals surface area contributed by atoms with Gasteiger partial charge >= 0.3 is 0 Å². The summed E-state index contributed by atoms with van der Waals surface area (Å²) in [5, 5.41) is 3.82. The molecular formula is C13H15N5OS. The molecule has 0 unspecified atom stereocenters. The molecule has 3 heterocycles. The van der Waals surface area contributed by atoms with Crippen LogP contribution in [0.4, 0.5) is 10.8 Å². The molecule has 1 fully saturated rings. The summed E-state index contributed by atoms with van der Waals surface area (Å²) in [6.45, 7) is 1.88. The predicted molar refractivity (Wildman–Crippen MR) is 79.6 cm³/mol. The maximum atomic E-state index is 11.7. The molecule has 0 bridgehead atoms. The second-order valence-electron chi connectivity index (χ2n) is 4.61. The Labute approximate surface area is 120 Å². The smallest absolute Gasteiger partial charge is 0.239 e. The number of nitrogens with two attached hydrogens (primary N) is 1. The van der Waals surface area contributed by atoms with Crippen molar-refractivity contribution >= 4 is 28.3 Å². The topological polar surface area (TPSA) is 84.1 Å². The van der Waals surface area contributed by atoms with E-state index in [1.54, 1.807) is 12.4 Å². The van der Waals surface area contributed by atoms with Gasteiger partial charge in [0.25, 0.3) is 0 Å². The molecule has 0 spiro atoms. The minimum absolute atomic E-state index is 0.0372. The van der Waals surface area contributed by atoms with Gasteiger partial charge in [0.2, 0.25) is 5.91 Å². The lowest BCUT2D eigenvalue weighted by Crippen LogP contribution is -2.32. The molecule has 7 heteroatoms. The van der Waals surface area contributed by atoms with Crippen molar-refractivity contribution in [3.05, 3.63) is 24.5 Å². The highest BCUT2D eigenvalue weighted by Gasteiger charge is 2.22. The number of nitrogens with zero attached hydrogens (tertiary/aromatic N) is 3. The largest absolute Gasteiger partial charge is 0.382 e. The molecule has 3 N–H and O–H groups in total. The molecule has 1 aliphatic rings. The van der Waals surface area contributed by atoms with Crippen molar-refractivity contribution in [1.29, 1.82) is 0 Å². The van der Waals surface area contributed by atoms with Gasteiger partial charge in [0.1, 0.15) is 10.8 Å². The SMILES string of the molecule is Nc1nsc(N2CCCNC(=O)C2)c1-c1ccncc1. The first-order valence-electron chi connectivity index (χ1n) is 6.43. The Morgan fingerprint density at radius 3 is 2.95 bits per heavy atom. The summed E-state index contributed by atoms with van der Waals surface area (Å²) in [6.07, 6.45) is 4.37. The Bertz CT molecular complexity index is 612. The summed E-state index contributed by atoms with van der Waals surface area (Å²) in [4.78, 5) is 17.8. The molecule has 0 radical (unpaired) electrons. The van der Waals surface area contributed by atoms with Crippen LogP contribution in [-0.4, -0.2) is 34.9 Å². The standard InChI is InChI=1S/C13H15N5OS/c14-12-11(9-2-5-15-6-3-9)13(20-17-12)18-7-1-4-16-10(19)8-18/h2-3,5-6H,1,4,7-8H2,(H2,14,17)(H,16,19). The number of carbonyl (C=O) groups is 1. The van der Waals surface area contributed by atoms with Gasteiger partial charge in [-0.15, -0.1) is 0 Å². The molecule has 0 atom stereocenters. The van der Waals surface area contributed by atoms with Gasteiger partial charge in [-0.3, -0.25) is 9.78 Å². The molecule has 1 aliphatic heterocycles. The summed E-state index contributed by atoms with van der Waals surface area (Å²) in [6, 6.07) is 3.81. The molecule has 2 aromatic heterocycles. The Morgan fingerprint density at radius 1 is 1.35 bits per heavy atom. The highest BCUT2D eigenvalue weighted by molar-refractivity contribution is 7.11. The van der Waals surface area contributed by atoms with E-state index in [-0.39, 0.29) is 5.91 Å². The highest BCUT2D eigenvalue weighted by atomic mass is 32.1. The van der Waals surface area contributed by atoms with Crippen molar-refractivity contribution in [1.82, 2.24) is 14.7 Å². The molecule has 2 aromatic rings. The molecule has 3 rings (SSSR count). The maximum Gasteiger partial charge on any atom is 0.239 e. The summed E-state index contributed by atoms with van der Waals surface area (Å²) in [5.41, 5.74) is 7.88. The van der Waals surface area contributed by atoms with Gasteiger partial charge in [-0.05, 0) is 35.6 Å². The molecule has 6 nitrogen and oxygen atoms in total. The third-order valence-corrected chi connectivity index (χ3v) is 4.14. The van der Waals surface area contributed by atoms with Crippen LogP contribution in [0.3, 0.4) is 0 Å². The van der Waals surface area contributed by atoms with Crippen LogP contribution in [0.25, 0.3) is 11.1 Å². The number of aromatic nitrogens is 2. The number of rotatable bonds is 2. The molecule has 1 saturated heterocycles. The number of nitrogens with one attached hydrogen (secondary N) is 1. The lowest BCUT2D eigenvalue weighted by atomic mass is 10.1. The molecule has 104 valence electrons. The van der Waals surface area contributed by atoms with Crippen molar-refractivity contribution in [3.8, 4) is 11.1 Å². The summed E-state index contributed by atoms with van der Waals surface area (Å²) < 4.78 is 4.25. The highest BCUT2D eigenvalue weighted by Crippen LogP contribution is 2.39. The van der Waals surface area contributed by atoms with Crippen LogP contribution >= 0.6 is 11.5 Å². The van der Waals surface area contributed by atoms with E-state index in [0.717, 1.165) is 29.1 Å². The van der Waals surface area contributed by atoms with E-state index >= 15 is 0 Å². The second kappa shape index (κ2) is 5.46. The lowest BCUT2D eigenvalue weighted by molar-refractivity contribution is -0.119. The zero-order chi connectivity index (χ0) is 13.9. The maximum absolute atomic E-state index is 11.7. The molecule has 1 amide bonds. The van der Waals surface area contributed by atoms with Crippen molar-refractivity contribution in [2.75, 3.05) is 30.3 Å². The molecule has 0 aromatic carbocycles. The van der Waals surface area contributed by atoms with Gasteiger partial charge in [-0.1, -0.05) is 0 Å². The Morgan fingerprint density at radius 2 is 2.15 bits per heavy atom. The van der Waals surface area contributed by atoms with Crippen LogP contribution in [-0.2, 0) is 4.79 Å². The van der Waals surface area contributed by atoms with Crippen LogP contribution in [0.15, 0.2) is 24.5 Å². The van der Waals surface area contributed by atoms with E-state index in [1.165, 1.54) is 11.5 Å². The van der Waals surface area contributed by atoms with E-state index in [9.17, 15) is 4.79 Å². The van der Waals surface area contributed by atoms with Crippen LogP contribution in [0, 0.1) is 0 Å². The first-order valence-corrected chi connectivity index (χ1v) is 7.20. The van der Waals surface area contributed by atoms with E-state index in [0.29, 0.717) is 18.9 Å². The third kappa shape index (κ3) is 2.44. The fraction of sp³-hybridized carbons (Fsp3) is 0.308. The number of hydrogen-bond acceptors (Lipinski definition) is 6. The Hall–Kier alpha value is -2.15. The number of anilines is 2. The monoisotopic (exact) mass is 289 g/mol. The summed E-state index contributed by atoms with van der Waals surface area (Å²) in [7, 11) is 0. The fourth-order valence-electron chi connectivity index (χ4n) is 2.28. The first-order chi connectivity index (χ1) is 9.75. The quantitative estimate of drug-likeness (QED) is 0.865. The van der Waals surface area contributed by atoms with Gasteiger partial charge in [-0.25, -0.2) is 0 Å². The lowest BCUT2D eigenvalue weighted by Gasteiger charge is -2.20. The summed E-state index contributed by atoms with van der Waals surface area (Å²) in [5.74, 6) is 0.538. The molecular weight excluding hydrogens is 274 g/mol. The van der Waals surface area contributed by atoms with Gasteiger partial charge in [0.15, 0.2) is 0 Å². The molecule has 0 aliphatic carbocycles. The Kier molecular flexibility index (Phi) is 3.51. The van der Waals surface area contributed by atoms with Crippen LogP contribution < -0.4 is 16.0 Å². The summed E-state index contributed by atoms with van der Waals surface area (Å²) >= 11 is 1.34.